The molecule has 1 aliphatic rings. The van der Waals surface area contributed by atoms with E-state index in [4.69, 9.17) is 4.99 Å². The number of phenolic OH excluding ortho intramolecular Hbond substituents is 1. The maximum absolute atomic E-state index is 9.25. The average Bonchev–Trinajstić information content (AvgIpc) is 2.98. The largest absolute Gasteiger partial charge is 0.508 e. The highest BCUT2D eigenvalue weighted by Crippen LogP contribution is 2.11. The number of aryl methyl sites for hydroxylation is 1. The molecule has 0 saturated carbocycles. The molecular formula is C16H25N3O. The number of rotatable bonds is 5. The maximum atomic E-state index is 9.25. The minimum Gasteiger partial charge on any atom is -0.508 e. The fraction of sp³-hybridized carbons (Fsp3) is 0.562. The Labute approximate surface area is 121 Å². The van der Waals surface area contributed by atoms with E-state index >= 15 is 0 Å². The van der Waals surface area contributed by atoms with E-state index in [-0.39, 0.29) is 0 Å². The summed E-state index contributed by atoms with van der Waals surface area (Å²) in [4.78, 5) is 7.06. The molecule has 0 amide bonds. The third kappa shape index (κ3) is 4.44. The van der Waals surface area contributed by atoms with Crippen LogP contribution in [-0.4, -0.2) is 42.1 Å². The summed E-state index contributed by atoms with van der Waals surface area (Å²) in [6.45, 7) is 6.14. The van der Waals surface area contributed by atoms with Crippen LogP contribution in [0, 0.1) is 0 Å². The van der Waals surface area contributed by atoms with Crippen molar-refractivity contribution in [3.63, 3.8) is 0 Å². The van der Waals surface area contributed by atoms with Crippen LogP contribution in [0.2, 0.25) is 0 Å². The van der Waals surface area contributed by atoms with Crippen molar-refractivity contribution in [2.24, 2.45) is 4.99 Å². The Kier molecular flexibility index (Phi) is 5.71. The molecule has 2 rings (SSSR count). The van der Waals surface area contributed by atoms with Crippen LogP contribution in [0.15, 0.2) is 29.3 Å². The number of aromatic hydroxyl groups is 1. The summed E-state index contributed by atoms with van der Waals surface area (Å²) >= 11 is 0. The van der Waals surface area contributed by atoms with Gasteiger partial charge in [0, 0.05) is 26.2 Å². The highest BCUT2D eigenvalue weighted by molar-refractivity contribution is 5.80. The first-order valence-corrected chi connectivity index (χ1v) is 7.61. The van der Waals surface area contributed by atoms with E-state index in [9.17, 15) is 5.11 Å². The molecule has 1 aromatic carbocycles. The van der Waals surface area contributed by atoms with Crippen molar-refractivity contribution >= 4 is 5.96 Å². The maximum Gasteiger partial charge on any atom is 0.193 e. The molecule has 0 atom stereocenters. The summed E-state index contributed by atoms with van der Waals surface area (Å²) in [6, 6.07) is 7.44. The molecule has 110 valence electrons. The predicted octanol–water partition coefficient (Wildman–Crippen LogP) is 2.39. The average molecular weight is 275 g/mol. The number of benzene rings is 1. The van der Waals surface area contributed by atoms with Crippen molar-refractivity contribution in [1.29, 1.82) is 0 Å². The van der Waals surface area contributed by atoms with Crippen molar-refractivity contribution in [3.05, 3.63) is 29.8 Å². The van der Waals surface area contributed by atoms with Gasteiger partial charge in [-0.1, -0.05) is 12.1 Å². The van der Waals surface area contributed by atoms with Crippen LogP contribution in [0.1, 0.15) is 31.7 Å². The number of phenols is 1. The minimum absolute atomic E-state index is 0.329. The molecule has 0 aliphatic carbocycles. The first-order valence-electron chi connectivity index (χ1n) is 7.61. The molecule has 1 fully saturated rings. The number of guanidine groups is 1. The summed E-state index contributed by atoms with van der Waals surface area (Å²) < 4.78 is 0. The molecule has 0 bridgehead atoms. The van der Waals surface area contributed by atoms with E-state index in [1.54, 1.807) is 12.1 Å². The monoisotopic (exact) mass is 275 g/mol. The Bertz CT molecular complexity index is 422. The molecule has 0 unspecified atom stereocenters. The van der Waals surface area contributed by atoms with Gasteiger partial charge in [0.2, 0.25) is 0 Å². The van der Waals surface area contributed by atoms with Crippen LogP contribution in [-0.2, 0) is 6.42 Å². The zero-order chi connectivity index (χ0) is 14.2. The molecule has 1 aliphatic heterocycles. The molecule has 2 N–H and O–H groups in total. The molecule has 0 aromatic heterocycles. The van der Waals surface area contributed by atoms with Gasteiger partial charge < -0.3 is 15.3 Å². The van der Waals surface area contributed by atoms with Gasteiger partial charge in [-0.3, -0.25) is 4.99 Å². The topological polar surface area (TPSA) is 47.9 Å². The Morgan fingerprint density at radius 1 is 1.25 bits per heavy atom. The summed E-state index contributed by atoms with van der Waals surface area (Å²) in [6.07, 6.45) is 4.59. The number of hydrogen-bond donors (Lipinski definition) is 2. The molecule has 0 radical (unpaired) electrons. The summed E-state index contributed by atoms with van der Waals surface area (Å²) in [5.74, 6) is 1.39. The van der Waals surface area contributed by atoms with Gasteiger partial charge in [-0.25, -0.2) is 0 Å². The zero-order valence-electron chi connectivity index (χ0n) is 12.3. The molecule has 1 heterocycles. The van der Waals surface area contributed by atoms with Crippen molar-refractivity contribution in [2.75, 3.05) is 26.2 Å². The highest BCUT2D eigenvalue weighted by atomic mass is 16.3. The first kappa shape index (κ1) is 14.7. The molecule has 20 heavy (non-hydrogen) atoms. The van der Waals surface area contributed by atoms with Crippen LogP contribution in [0.25, 0.3) is 0 Å². The van der Waals surface area contributed by atoms with Crippen LogP contribution in [0.5, 0.6) is 5.75 Å². The lowest BCUT2D eigenvalue weighted by atomic mass is 10.1. The molecular weight excluding hydrogens is 250 g/mol. The Morgan fingerprint density at radius 3 is 2.60 bits per heavy atom. The number of nitrogens with zero attached hydrogens (tertiary/aromatic N) is 2. The van der Waals surface area contributed by atoms with Crippen LogP contribution in [0.3, 0.4) is 0 Å². The molecule has 0 spiro atoms. The fourth-order valence-corrected chi connectivity index (χ4v) is 2.49. The van der Waals surface area contributed by atoms with E-state index in [1.807, 2.05) is 12.1 Å². The van der Waals surface area contributed by atoms with Crippen molar-refractivity contribution < 1.29 is 5.11 Å². The Morgan fingerprint density at radius 2 is 1.95 bits per heavy atom. The zero-order valence-corrected chi connectivity index (χ0v) is 12.3. The van der Waals surface area contributed by atoms with Crippen molar-refractivity contribution in [3.8, 4) is 5.75 Å². The second kappa shape index (κ2) is 7.78. The number of hydrogen-bond acceptors (Lipinski definition) is 2. The SMILES string of the molecule is CCNC(=NCCCc1ccc(O)cc1)N1CCCC1. The lowest BCUT2D eigenvalue weighted by Gasteiger charge is -2.20. The van der Waals surface area contributed by atoms with Crippen molar-refractivity contribution in [2.45, 2.75) is 32.6 Å². The number of likely N-dealkylation sites (tertiary alicyclic amines) is 1. The third-order valence-electron chi connectivity index (χ3n) is 3.56. The molecule has 4 heteroatoms. The van der Waals surface area contributed by atoms with Gasteiger partial charge in [-0.15, -0.1) is 0 Å². The highest BCUT2D eigenvalue weighted by Gasteiger charge is 2.14. The fourth-order valence-electron chi connectivity index (χ4n) is 2.49. The second-order valence-corrected chi connectivity index (χ2v) is 5.20. The number of nitrogens with one attached hydrogen (secondary N) is 1. The van der Waals surface area contributed by atoms with Gasteiger partial charge in [-0.05, 0) is 50.3 Å². The summed E-state index contributed by atoms with van der Waals surface area (Å²) in [7, 11) is 0. The van der Waals surface area contributed by atoms with E-state index < -0.39 is 0 Å². The van der Waals surface area contributed by atoms with Crippen molar-refractivity contribution in [1.82, 2.24) is 10.2 Å². The van der Waals surface area contributed by atoms with Crippen LogP contribution < -0.4 is 5.32 Å². The molecule has 1 saturated heterocycles. The van der Waals surface area contributed by atoms with Gasteiger partial charge in [0.25, 0.3) is 0 Å². The minimum atomic E-state index is 0.329. The summed E-state index contributed by atoms with van der Waals surface area (Å²) in [5.41, 5.74) is 1.25. The van der Waals surface area contributed by atoms with E-state index in [2.05, 4.69) is 17.1 Å². The van der Waals surface area contributed by atoms with Crippen LogP contribution >= 0.6 is 0 Å². The standard InChI is InChI=1S/C16H25N3O/c1-2-17-16(19-12-3-4-13-19)18-11-5-6-14-7-9-15(20)10-8-14/h7-10,20H,2-6,11-13H2,1H3,(H,17,18). The second-order valence-electron chi connectivity index (χ2n) is 5.20. The first-order chi connectivity index (χ1) is 9.79. The van der Waals surface area contributed by atoms with Gasteiger partial charge in [-0.2, -0.15) is 0 Å². The van der Waals surface area contributed by atoms with E-state index in [0.717, 1.165) is 45.0 Å². The third-order valence-corrected chi connectivity index (χ3v) is 3.56. The summed E-state index contributed by atoms with van der Waals surface area (Å²) in [5, 5.41) is 12.6. The van der Waals surface area contributed by atoms with E-state index in [0.29, 0.717) is 5.75 Å². The predicted molar refractivity (Wildman–Crippen MR) is 83.2 cm³/mol. The molecule has 4 nitrogen and oxygen atoms in total. The Hall–Kier alpha value is -1.71. The quantitative estimate of drug-likeness (QED) is 0.493. The molecule has 1 aromatic rings. The van der Waals surface area contributed by atoms with Gasteiger partial charge in [0.1, 0.15) is 5.75 Å². The van der Waals surface area contributed by atoms with Gasteiger partial charge in [0.05, 0.1) is 0 Å². The van der Waals surface area contributed by atoms with Gasteiger partial charge >= 0.3 is 0 Å². The van der Waals surface area contributed by atoms with Gasteiger partial charge in [0.15, 0.2) is 5.96 Å². The lowest BCUT2D eigenvalue weighted by Crippen LogP contribution is -2.39. The number of aliphatic imine (C=N–C) groups is 1. The van der Waals surface area contributed by atoms with E-state index in [1.165, 1.54) is 18.4 Å². The Balaban J connectivity index is 1.79. The lowest BCUT2D eigenvalue weighted by molar-refractivity contribution is 0.475. The smallest absolute Gasteiger partial charge is 0.193 e. The normalized spacial score (nSPS) is 15.7. The van der Waals surface area contributed by atoms with Crippen LogP contribution in [0.4, 0.5) is 0 Å².